The smallest absolute Gasteiger partial charge is 0.347 e. The highest BCUT2D eigenvalue weighted by Crippen LogP contribution is 2.38. The van der Waals surface area contributed by atoms with Crippen LogP contribution in [0.1, 0.15) is 52.4 Å². The molecule has 1 saturated carbocycles. The fourth-order valence-corrected chi connectivity index (χ4v) is 3.40. The molecular weight excluding hydrogens is 267 g/mol. The van der Waals surface area contributed by atoms with Crippen molar-refractivity contribution in [3.63, 3.8) is 0 Å². The summed E-state index contributed by atoms with van der Waals surface area (Å²) in [5.41, 5.74) is -0.212. The third-order valence-electron chi connectivity index (χ3n) is 4.26. The van der Waals surface area contributed by atoms with Crippen LogP contribution in [0.4, 0.5) is 13.2 Å². The topological polar surface area (TPSA) is 29.1 Å². The molecule has 0 aromatic heterocycles. The van der Waals surface area contributed by atoms with Gasteiger partial charge in [-0.05, 0) is 32.1 Å². The third-order valence-corrected chi connectivity index (χ3v) is 4.26. The lowest BCUT2D eigenvalue weighted by molar-refractivity contribution is -0.129. The maximum atomic E-state index is 12.2. The van der Waals surface area contributed by atoms with Crippen LogP contribution in [0, 0.1) is 11.8 Å². The van der Waals surface area contributed by atoms with Crippen molar-refractivity contribution in [3.8, 4) is 0 Å². The largest absolute Gasteiger partial charge is 0.392 e. The Morgan fingerprint density at radius 1 is 1.45 bits per heavy atom. The zero-order valence-electron chi connectivity index (χ0n) is 12.0. The summed E-state index contributed by atoms with van der Waals surface area (Å²) in [6, 6.07) is 0. The van der Waals surface area contributed by atoms with Gasteiger partial charge in [-0.3, -0.25) is 4.79 Å². The maximum Gasteiger partial charge on any atom is 0.392 e. The average Bonchev–Trinajstić information content (AvgIpc) is 2.24. The summed E-state index contributed by atoms with van der Waals surface area (Å²) in [5, 5.41) is 2.92. The number of hydrogen-bond acceptors (Lipinski definition) is 1. The van der Waals surface area contributed by atoms with Crippen LogP contribution in [0.25, 0.3) is 0 Å². The van der Waals surface area contributed by atoms with E-state index in [9.17, 15) is 18.0 Å². The summed E-state index contributed by atoms with van der Waals surface area (Å²) in [7, 11) is 0. The van der Waals surface area contributed by atoms with Crippen LogP contribution in [0.15, 0.2) is 11.6 Å². The quantitative estimate of drug-likeness (QED) is 0.783. The Morgan fingerprint density at radius 2 is 2.10 bits per heavy atom. The predicted octanol–water partition coefficient (Wildman–Crippen LogP) is 3.97. The number of carbonyl (C=O) groups excluding carboxylic acids is 1. The van der Waals surface area contributed by atoms with Crippen LogP contribution < -0.4 is 5.32 Å². The highest BCUT2D eigenvalue weighted by molar-refractivity contribution is 5.80. The molecule has 2 rings (SSSR count). The van der Waals surface area contributed by atoms with Gasteiger partial charge in [0.1, 0.15) is 0 Å². The zero-order chi connectivity index (χ0) is 15.0. The molecule has 0 bridgehead atoms. The number of rotatable bonds is 3. The Labute approximate surface area is 117 Å². The molecule has 0 radical (unpaired) electrons. The SMILES string of the molecule is CC1CCCC(C(=O)NC2(C)C=C(CC(F)(F)F)C2)C1. The summed E-state index contributed by atoms with van der Waals surface area (Å²) < 4.78 is 36.7. The number of alkyl halides is 3. The van der Waals surface area contributed by atoms with E-state index < -0.39 is 18.1 Å². The number of nitrogens with one attached hydrogen (secondary N) is 1. The molecule has 0 aromatic carbocycles. The molecule has 3 unspecified atom stereocenters. The van der Waals surface area contributed by atoms with Gasteiger partial charge in [-0.1, -0.05) is 31.4 Å². The molecule has 0 spiro atoms. The monoisotopic (exact) mass is 289 g/mol. The first-order valence-electron chi connectivity index (χ1n) is 7.26. The molecule has 5 heteroatoms. The first-order chi connectivity index (χ1) is 9.17. The summed E-state index contributed by atoms with van der Waals surface area (Å²) in [6.45, 7) is 3.93. The van der Waals surface area contributed by atoms with Gasteiger partial charge in [0.05, 0.1) is 12.0 Å². The highest BCUT2D eigenvalue weighted by Gasteiger charge is 2.40. The van der Waals surface area contributed by atoms with Gasteiger partial charge in [0.15, 0.2) is 0 Å². The Bertz CT molecular complexity index is 416. The van der Waals surface area contributed by atoms with Crippen molar-refractivity contribution in [1.82, 2.24) is 5.32 Å². The molecule has 0 aromatic rings. The Morgan fingerprint density at radius 3 is 2.65 bits per heavy atom. The summed E-state index contributed by atoms with van der Waals surface area (Å²) in [4.78, 5) is 12.2. The maximum absolute atomic E-state index is 12.2. The van der Waals surface area contributed by atoms with Crippen LogP contribution in [0.2, 0.25) is 0 Å². The Kier molecular flexibility index (Phi) is 4.17. The molecule has 0 aliphatic heterocycles. The molecule has 1 fully saturated rings. The average molecular weight is 289 g/mol. The summed E-state index contributed by atoms with van der Waals surface area (Å²) in [6.07, 6.45) is 0.855. The van der Waals surface area contributed by atoms with Gasteiger partial charge in [-0.25, -0.2) is 0 Å². The second-order valence-corrected chi connectivity index (χ2v) is 6.65. The Hall–Kier alpha value is -1.00. The van der Waals surface area contributed by atoms with Gasteiger partial charge in [0, 0.05) is 5.92 Å². The van der Waals surface area contributed by atoms with Crippen molar-refractivity contribution in [1.29, 1.82) is 0 Å². The van der Waals surface area contributed by atoms with E-state index in [0.717, 1.165) is 25.7 Å². The lowest BCUT2D eigenvalue weighted by atomic mass is 9.77. The van der Waals surface area contributed by atoms with Crippen LogP contribution in [-0.2, 0) is 4.79 Å². The summed E-state index contributed by atoms with van der Waals surface area (Å²) in [5.74, 6) is 0.585. The van der Waals surface area contributed by atoms with Crippen molar-refractivity contribution >= 4 is 5.91 Å². The van der Waals surface area contributed by atoms with Gasteiger partial charge in [0.2, 0.25) is 5.91 Å². The van der Waals surface area contributed by atoms with Gasteiger partial charge >= 0.3 is 6.18 Å². The minimum Gasteiger partial charge on any atom is -0.347 e. The van der Waals surface area contributed by atoms with Crippen molar-refractivity contribution in [2.24, 2.45) is 11.8 Å². The first-order valence-corrected chi connectivity index (χ1v) is 7.26. The molecule has 2 aliphatic rings. The van der Waals surface area contributed by atoms with E-state index in [4.69, 9.17) is 0 Å². The van der Waals surface area contributed by atoms with E-state index in [1.165, 1.54) is 0 Å². The van der Waals surface area contributed by atoms with E-state index in [2.05, 4.69) is 12.2 Å². The second kappa shape index (κ2) is 5.41. The van der Waals surface area contributed by atoms with Gasteiger partial charge < -0.3 is 5.32 Å². The number of halogens is 3. The van der Waals surface area contributed by atoms with E-state index >= 15 is 0 Å². The van der Waals surface area contributed by atoms with Crippen molar-refractivity contribution in [2.75, 3.05) is 0 Å². The fourth-order valence-electron chi connectivity index (χ4n) is 3.40. The predicted molar refractivity (Wildman–Crippen MR) is 71.0 cm³/mol. The zero-order valence-corrected chi connectivity index (χ0v) is 12.0. The van der Waals surface area contributed by atoms with Gasteiger partial charge in [-0.2, -0.15) is 13.2 Å². The van der Waals surface area contributed by atoms with Crippen molar-refractivity contribution < 1.29 is 18.0 Å². The number of hydrogen-bond donors (Lipinski definition) is 1. The summed E-state index contributed by atoms with van der Waals surface area (Å²) >= 11 is 0. The standard InChI is InChI=1S/C15H22F3NO/c1-10-4-3-5-12(6-10)13(20)19-14(2)7-11(8-14)9-15(16,17)18/h7,10,12H,3-6,8-9H2,1-2H3,(H,19,20). The molecule has 1 amide bonds. The van der Waals surface area contributed by atoms with Gasteiger partial charge in [0.25, 0.3) is 0 Å². The number of amides is 1. The van der Waals surface area contributed by atoms with Gasteiger partial charge in [-0.15, -0.1) is 0 Å². The fraction of sp³-hybridized carbons (Fsp3) is 0.800. The van der Waals surface area contributed by atoms with Crippen molar-refractivity contribution in [2.45, 2.75) is 64.1 Å². The minimum absolute atomic E-state index is 0.00126. The normalized spacial score (nSPS) is 34.1. The molecule has 3 atom stereocenters. The van der Waals surface area contributed by atoms with Crippen LogP contribution in [0.3, 0.4) is 0 Å². The molecule has 114 valence electrons. The molecule has 0 heterocycles. The molecule has 1 N–H and O–H groups in total. The van der Waals surface area contributed by atoms with E-state index in [1.54, 1.807) is 13.0 Å². The van der Waals surface area contributed by atoms with E-state index in [0.29, 0.717) is 17.9 Å². The van der Waals surface area contributed by atoms with Crippen LogP contribution >= 0.6 is 0 Å². The lowest BCUT2D eigenvalue weighted by Crippen LogP contribution is -2.52. The second-order valence-electron chi connectivity index (χ2n) is 6.65. The minimum atomic E-state index is -4.16. The number of carbonyl (C=O) groups is 1. The van der Waals surface area contributed by atoms with E-state index in [-0.39, 0.29) is 11.8 Å². The molecule has 0 saturated heterocycles. The molecular formula is C15H22F3NO. The molecule has 20 heavy (non-hydrogen) atoms. The third kappa shape index (κ3) is 4.00. The molecule has 2 aliphatic carbocycles. The lowest BCUT2D eigenvalue weighted by Gasteiger charge is -2.39. The van der Waals surface area contributed by atoms with Crippen molar-refractivity contribution in [3.05, 3.63) is 11.6 Å². The van der Waals surface area contributed by atoms with E-state index in [1.807, 2.05) is 0 Å². The van der Waals surface area contributed by atoms with Crippen LogP contribution in [-0.4, -0.2) is 17.6 Å². The highest BCUT2D eigenvalue weighted by atomic mass is 19.4. The Balaban J connectivity index is 1.86. The molecule has 2 nitrogen and oxygen atoms in total. The van der Waals surface area contributed by atoms with Crippen LogP contribution in [0.5, 0.6) is 0 Å². The first kappa shape index (κ1) is 15.4.